The summed E-state index contributed by atoms with van der Waals surface area (Å²) in [6, 6.07) is -1.59. The summed E-state index contributed by atoms with van der Waals surface area (Å²) in [4.78, 5) is 21.2. The van der Waals surface area contributed by atoms with Crippen LogP contribution in [0.1, 0.15) is 19.8 Å². The number of amides is 1. The first-order valence-electron chi connectivity index (χ1n) is 4.69. The molecule has 0 spiro atoms. The lowest BCUT2D eigenvalue weighted by Gasteiger charge is -2.16. The van der Waals surface area contributed by atoms with E-state index in [9.17, 15) is 22.8 Å². The van der Waals surface area contributed by atoms with Crippen LogP contribution in [0.3, 0.4) is 0 Å². The largest absolute Gasteiger partial charge is 0.480 e. The molecule has 1 aliphatic rings. The first-order valence-corrected chi connectivity index (χ1v) is 4.69. The van der Waals surface area contributed by atoms with Crippen molar-refractivity contribution in [2.45, 2.75) is 37.6 Å². The van der Waals surface area contributed by atoms with E-state index in [0.29, 0.717) is 0 Å². The zero-order chi connectivity index (χ0) is 13.3. The fourth-order valence-corrected chi connectivity index (χ4v) is 1.10. The molecule has 1 rings (SSSR count). The Hall–Kier alpha value is -1.67. The molecule has 1 amide bonds. The van der Waals surface area contributed by atoms with Gasteiger partial charge in [0.05, 0.1) is 0 Å². The molecule has 0 saturated heterocycles. The second kappa shape index (κ2) is 4.30. The molecule has 1 unspecified atom stereocenters. The van der Waals surface area contributed by atoms with E-state index in [1.54, 1.807) is 6.92 Å². The van der Waals surface area contributed by atoms with Crippen molar-refractivity contribution < 1.29 is 27.9 Å². The molecule has 1 aliphatic heterocycles. The summed E-state index contributed by atoms with van der Waals surface area (Å²) >= 11 is 0. The summed E-state index contributed by atoms with van der Waals surface area (Å²) in [5.74, 6) is -3.79. The van der Waals surface area contributed by atoms with Crippen LogP contribution in [0.2, 0.25) is 0 Å². The summed E-state index contributed by atoms with van der Waals surface area (Å²) in [5, 5.41) is 17.3. The highest BCUT2D eigenvalue weighted by molar-refractivity contribution is 5.86. The van der Waals surface area contributed by atoms with Gasteiger partial charge in [-0.1, -0.05) is 0 Å². The van der Waals surface area contributed by atoms with Gasteiger partial charge in [-0.2, -0.15) is 23.4 Å². The summed E-state index contributed by atoms with van der Waals surface area (Å²) in [6.07, 6.45) is -5.09. The molecule has 0 aromatic rings. The third kappa shape index (κ3) is 4.00. The Labute approximate surface area is 93.9 Å². The molecule has 0 aliphatic carbocycles. The zero-order valence-corrected chi connectivity index (χ0v) is 8.78. The van der Waals surface area contributed by atoms with E-state index in [0.717, 1.165) is 0 Å². The quantitative estimate of drug-likeness (QED) is 0.768. The molecule has 96 valence electrons. The predicted molar refractivity (Wildman–Crippen MR) is 48.1 cm³/mol. The van der Waals surface area contributed by atoms with E-state index in [4.69, 9.17) is 5.11 Å². The zero-order valence-electron chi connectivity index (χ0n) is 8.78. The van der Waals surface area contributed by atoms with Crippen LogP contribution in [0.4, 0.5) is 13.2 Å². The number of nitrogens with one attached hydrogen (secondary N) is 1. The van der Waals surface area contributed by atoms with E-state index >= 15 is 0 Å². The third-order valence-corrected chi connectivity index (χ3v) is 2.21. The normalized spacial score (nSPS) is 18.6. The third-order valence-electron chi connectivity index (χ3n) is 2.21. The maximum absolute atomic E-state index is 11.9. The summed E-state index contributed by atoms with van der Waals surface area (Å²) in [5.41, 5.74) is -0.712. The number of alkyl halides is 3. The molecule has 0 aromatic carbocycles. The summed E-state index contributed by atoms with van der Waals surface area (Å²) in [7, 11) is 0. The average Bonchev–Trinajstić information content (AvgIpc) is 2.89. The molecule has 0 bridgehead atoms. The van der Waals surface area contributed by atoms with Crippen molar-refractivity contribution in [1.82, 2.24) is 5.32 Å². The maximum Gasteiger partial charge on any atom is 0.471 e. The first-order chi connectivity index (χ1) is 7.64. The minimum absolute atomic E-state index is 0.166. The Morgan fingerprint density at radius 3 is 2.29 bits per heavy atom. The van der Waals surface area contributed by atoms with Crippen LogP contribution >= 0.6 is 0 Å². The second-order valence-electron chi connectivity index (χ2n) is 3.82. The lowest BCUT2D eigenvalue weighted by molar-refractivity contribution is -0.175. The number of rotatable bonds is 5. The van der Waals surface area contributed by atoms with Crippen molar-refractivity contribution in [3.05, 3.63) is 0 Å². The number of halogens is 3. The van der Waals surface area contributed by atoms with Crippen LogP contribution in [0.15, 0.2) is 10.2 Å². The Kier molecular flexibility index (Phi) is 3.39. The first kappa shape index (κ1) is 13.4. The number of hydrogen-bond acceptors (Lipinski definition) is 4. The van der Waals surface area contributed by atoms with Crippen LogP contribution in [0, 0.1) is 0 Å². The van der Waals surface area contributed by atoms with Gasteiger partial charge < -0.3 is 10.4 Å². The second-order valence-corrected chi connectivity index (χ2v) is 3.82. The van der Waals surface area contributed by atoms with Gasteiger partial charge in [0.25, 0.3) is 0 Å². The lowest BCUT2D eigenvalue weighted by Crippen LogP contribution is -2.47. The van der Waals surface area contributed by atoms with Crippen LogP contribution in [-0.2, 0) is 9.59 Å². The average molecular weight is 253 g/mol. The van der Waals surface area contributed by atoms with Crippen molar-refractivity contribution in [3.8, 4) is 0 Å². The van der Waals surface area contributed by atoms with Gasteiger partial charge in [-0.25, -0.2) is 4.79 Å². The van der Waals surface area contributed by atoms with Gasteiger partial charge in [0.2, 0.25) is 0 Å². The molecular formula is C8H10F3N3O3. The van der Waals surface area contributed by atoms with Crippen LogP contribution in [0.25, 0.3) is 0 Å². The minimum Gasteiger partial charge on any atom is -0.480 e. The van der Waals surface area contributed by atoms with E-state index in [2.05, 4.69) is 10.2 Å². The van der Waals surface area contributed by atoms with E-state index < -0.39 is 29.8 Å². The summed E-state index contributed by atoms with van der Waals surface area (Å²) < 4.78 is 35.8. The van der Waals surface area contributed by atoms with Gasteiger partial charge in [0.15, 0.2) is 5.66 Å². The Bertz CT molecular complexity index is 361. The Morgan fingerprint density at radius 1 is 1.41 bits per heavy atom. The highest BCUT2D eigenvalue weighted by atomic mass is 19.4. The van der Waals surface area contributed by atoms with Crippen molar-refractivity contribution in [2.24, 2.45) is 10.2 Å². The number of hydrogen-bond donors (Lipinski definition) is 2. The SMILES string of the molecule is CC1(CCC(NC(=O)C(F)(F)F)C(=O)O)N=N1. The predicted octanol–water partition coefficient (Wildman–Crippen LogP) is 1.08. The van der Waals surface area contributed by atoms with E-state index in [1.807, 2.05) is 0 Å². The standard InChI is InChI=1S/C8H10F3N3O3/c1-7(13-14-7)3-2-4(5(15)16)12-6(17)8(9,10)11/h4H,2-3H2,1H3,(H,12,17)(H,15,16). The maximum atomic E-state index is 11.9. The highest BCUT2D eigenvalue weighted by Crippen LogP contribution is 2.32. The van der Waals surface area contributed by atoms with Crippen molar-refractivity contribution in [3.63, 3.8) is 0 Å². The van der Waals surface area contributed by atoms with E-state index in [1.165, 1.54) is 5.32 Å². The smallest absolute Gasteiger partial charge is 0.471 e. The topological polar surface area (TPSA) is 91.1 Å². The number of carbonyl (C=O) groups is 2. The molecule has 0 aromatic heterocycles. The molecule has 9 heteroatoms. The van der Waals surface area contributed by atoms with Crippen molar-refractivity contribution >= 4 is 11.9 Å². The molecule has 17 heavy (non-hydrogen) atoms. The van der Waals surface area contributed by atoms with Gasteiger partial charge in [-0.3, -0.25) is 4.79 Å². The molecule has 2 N–H and O–H groups in total. The number of aliphatic carboxylic acids is 1. The number of nitrogens with zero attached hydrogens (tertiary/aromatic N) is 2. The molecule has 6 nitrogen and oxygen atoms in total. The fourth-order valence-electron chi connectivity index (χ4n) is 1.10. The molecule has 1 heterocycles. The molecule has 1 atom stereocenters. The Morgan fingerprint density at radius 2 is 1.94 bits per heavy atom. The number of carbonyl (C=O) groups excluding carboxylic acids is 1. The van der Waals surface area contributed by atoms with Gasteiger partial charge in [-0.15, -0.1) is 0 Å². The fraction of sp³-hybridized carbons (Fsp3) is 0.750. The van der Waals surface area contributed by atoms with Crippen LogP contribution < -0.4 is 5.32 Å². The van der Waals surface area contributed by atoms with Crippen LogP contribution in [-0.4, -0.2) is 34.9 Å². The number of carboxylic acids is 1. The molecule has 0 fully saturated rings. The van der Waals surface area contributed by atoms with Gasteiger partial charge in [0.1, 0.15) is 6.04 Å². The van der Waals surface area contributed by atoms with Gasteiger partial charge >= 0.3 is 18.1 Å². The van der Waals surface area contributed by atoms with Crippen molar-refractivity contribution in [2.75, 3.05) is 0 Å². The molecule has 0 radical (unpaired) electrons. The Balaban J connectivity index is 2.49. The summed E-state index contributed by atoms with van der Waals surface area (Å²) in [6.45, 7) is 1.61. The lowest BCUT2D eigenvalue weighted by atomic mass is 10.1. The molecular weight excluding hydrogens is 243 g/mol. The number of carboxylic acid groups (broad SMARTS) is 1. The minimum atomic E-state index is -5.09. The van der Waals surface area contributed by atoms with Gasteiger partial charge in [0, 0.05) is 0 Å². The molecule has 0 saturated carbocycles. The monoisotopic (exact) mass is 253 g/mol. The van der Waals surface area contributed by atoms with Gasteiger partial charge in [-0.05, 0) is 19.8 Å². The van der Waals surface area contributed by atoms with Crippen molar-refractivity contribution in [1.29, 1.82) is 0 Å². The highest BCUT2D eigenvalue weighted by Gasteiger charge is 2.42. The van der Waals surface area contributed by atoms with Crippen LogP contribution in [0.5, 0.6) is 0 Å². The van der Waals surface area contributed by atoms with E-state index in [-0.39, 0.29) is 12.8 Å².